The van der Waals surface area contributed by atoms with Gasteiger partial charge in [-0.05, 0) is 38.4 Å². The Labute approximate surface area is 125 Å². The molecule has 0 fully saturated rings. The molecule has 1 aliphatic rings. The Kier molecular flexibility index (Phi) is 4.34. The second kappa shape index (κ2) is 5.51. The van der Waals surface area contributed by atoms with Crippen LogP contribution in [0.3, 0.4) is 0 Å². The molecule has 1 N–H and O–H groups in total. The molecule has 0 saturated heterocycles. The number of hydrogen-bond acceptors (Lipinski definition) is 2. The minimum Gasteiger partial charge on any atom is -0.486 e. The van der Waals surface area contributed by atoms with E-state index in [9.17, 15) is 0 Å². The highest BCUT2D eigenvalue weighted by molar-refractivity contribution is 6.35. The van der Waals surface area contributed by atoms with Crippen molar-refractivity contribution in [3.8, 4) is 5.75 Å². The summed E-state index contributed by atoms with van der Waals surface area (Å²) in [6.45, 7) is 9.53. The topological polar surface area (TPSA) is 21.3 Å². The van der Waals surface area contributed by atoms with E-state index >= 15 is 0 Å². The van der Waals surface area contributed by atoms with Gasteiger partial charge in [0, 0.05) is 23.0 Å². The molecule has 1 unspecified atom stereocenters. The van der Waals surface area contributed by atoms with Gasteiger partial charge in [0.05, 0.1) is 5.02 Å². The van der Waals surface area contributed by atoms with Crippen molar-refractivity contribution in [1.82, 2.24) is 5.32 Å². The van der Waals surface area contributed by atoms with Gasteiger partial charge in [-0.25, -0.2) is 0 Å². The van der Waals surface area contributed by atoms with E-state index in [1.54, 1.807) is 6.07 Å². The summed E-state index contributed by atoms with van der Waals surface area (Å²) in [5.41, 5.74) is 0.844. The molecule has 19 heavy (non-hydrogen) atoms. The third-order valence-electron chi connectivity index (χ3n) is 3.26. The summed E-state index contributed by atoms with van der Waals surface area (Å²) in [5, 5.41) is 4.84. The summed E-state index contributed by atoms with van der Waals surface area (Å²) < 4.78 is 6.01. The number of hydrogen-bond donors (Lipinski definition) is 1. The molecule has 106 valence electrons. The number of halogens is 2. The molecule has 0 aliphatic carbocycles. The number of nitrogens with one attached hydrogen (secondary N) is 1. The maximum atomic E-state index is 6.27. The molecule has 0 aromatic heterocycles. The quantitative estimate of drug-likeness (QED) is 0.862. The summed E-state index contributed by atoms with van der Waals surface area (Å²) in [6.07, 6.45) is 0.906. The van der Waals surface area contributed by atoms with Gasteiger partial charge < -0.3 is 10.1 Å². The van der Waals surface area contributed by atoms with Crippen molar-refractivity contribution in [3.05, 3.63) is 27.7 Å². The second-order valence-corrected chi connectivity index (χ2v) is 7.07. The van der Waals surface area contributed by atoms with E-state index in [1.165, 1.54) is 0 Å². The molecular formula is C15H21Cl2NO. The fourth-order valence-corrected chi connectivity index (χ4v) is 2.97. The maximum Gasteiger partial charge on any atom is 0.143 e. The van der Waals surface area contributed by atoms with Gasteiger partial charge in [0.1, 0.15) is 11.4 Å². The highest BCUT2D eigenvalue weighted by Crippen LogP contribution is 2.44. The fourth-order valence-electron chi connectivity index (χ4n) is 2.43. The number of fused-ring (bicyclic) bond motifs is 1. The maximum absolute atomic E-state index is 6.27. The largest absolute Gasteiger partial charge is 0.486 e. The molecule has 1 aromatic carbocycles. The summed E-state index contributed by atoms with van der Waals surface area (Å²) in [6, 6.07) is 3.93. The van der Waals surface area contributed by atoms with Gasteiger partial charge >= 0.3 is 0 Å². The molecule has 2 rings (SSSR count). The van der Waals surface area contributed by atoms with Crippen molar-refractivity contribution in [2.75, 3.05) is 6.54 Å². The fraction of sp³-hybridized carbons (Fsp3) is 0.600. The predicted octanol–water partition coefficient (Wildman–Crippen LogP) is 4.84. The molecule has 1 atom stereocenters. The molecular weight excluding hydrogens is 281 g/mol. The second-order valence-electron chi connectivity index (χ2n) is 6.23. The van der Waals surface area contributed by atoms with Crippen LogP contribution in [0.15, 0.2) is 12.1 Å². The van der Waals surface area contributed by atoms with Crippen LogP contribution in [-0.4, -0.2) is 12.1 Å². The van der Waals surface area contributed by atoms with Crippen LogP contribution >= 0.6 is 23.2 Å². The Balaban J connectivity index is 2.35. The van der Waals surface area contributed by atoms with Gasteiger partial charge in [0.25, 0.3) is 0 Å². The third kappa shape index (κ3) is 3.56. The molecule has 0 bridgehead atoms. The predicted molar refractivity (Wildman–Crippen MR) is 81.4 cm³/mol. The number of ether oxygens (including phenoxy) is 1. The van der Waals surface area contributed by atoms with Crippen LogP contribution in [0.4, 0.5) is 0 Å². The van der Waals surface area contributed by atoms with E-state index in [1.807, 2.05) is 6.07 Å². The van der Waals surface area contributed by atoms with Crippen molar-refractivity contribution < 1.29 is 4.74 Å². The zero-order valence-electron chi connectivity index (χ0n) is 11.9. The SMILES string of the molecule is CC(C)CNC1CC(C)(C)Oc2c(Cl)cc(Cl)cc21. The van der Waals surface area contributed by atoms with Crippen molar-refractivity contribution in [2.24, 2.45) is 5.92 Å². The van der Waals surface area contributed by atoms with E-state index in [-0.39, 0.29) is 11.6 Å². The van der Waals surface area contributed by atoms with Gasteiger partial charge in [0.15, 0.2) is 0 Å². The first-order chi connectivity index (χ1) is 8.78. The molecule has 0 radical (unpaired) electrons. The van der Waals surface area contributed by atoms with E-state index in [4.69, 9.17) is 27.9 Å². The Hall–Kier alpha value is -0.440. The Morgan fingerprint density at radius 2 is 2.05 bits per heavy atom. The monoisotopic (exact) mass is 301 g/mol. The standard InChI is InChI=1S/C15H21Cl2NO/c1-9(2)8-18-13-7-15(3,4)19-14-11(13)5-10(16)6-12(14)17/h5-6,9,13,18H,7-8H2,1-4H3. The van der Waals surface area contributed by atoms with Crippen LogP contribution in [0.25, 0.3) is 0 Å². The molecule has 0 spiro atoms. The van der Waals surface area contributed by atoms with E-state index in [0.29, 0.717) is 16.0 Å². The first-order valence-corrected chi connectivity index (χ1v) is 7.45. The van der Waals surface area contributed by atoms with Crippen LogP contribution in [0.5, 0.6) is 5.75 Å². The highest BCUT2D eigenvalue weighted by Gasteiger charge is 2.35. The molecule has 1 aliphatic heterocycles. The Morgan fingerprint density at radius 3 is 2.68 bits per heavy atom. The van der Waals surface area contributed by atoms with Crippen molar-refractivity contribution in [1.29, 1.82) is 0 Å². The van der Waals surface area contributed by atoms with Crippen LogP contribution in [-0.2, 0) is 0 Å². The van der Waals surface area contributed by atoms with Gasteiger partial charge in [-0.1, -0.05) is 37.0 Å². The van der Waals surface area contributed by atoms with Crippen molar-refractivity contribution >= 4 is 23.2 Å². The lowest BCUT2D eigenvalue weighted by atomic mass is 9.89. The molecule has 4 heteroatoms. The number of rotatable bonds is 3. The zero-order chi connectivity index (χ0) is 14.2. The van der Waals surface area contributed by atoms with Gasteiger partial charge in [-0.3, -0.25) is 0 Å². The van der Waals surface area contributed by atoms with E-state index < -0.39 is 0 Å². The van der Waals surface area contributed by atoms with E-state index in [0.717, 1.165) is 24.3 Å². The Bertz CT molecular complexity index is 471. The molecule has 0 amide bonds. The van der Waals surface area contributed by atoms with E-state index in [2.05, 4.69) is 33.0 Å². The molecule has 0 saturated carbocycles. The molecule has 2 nitrogen and oxygen atoms in total. The van der Waals surface area contributed by atoms with Crippen LogP contribution in [0.1, 0.15) is 45.7 Å². The highest BCUT2D eigenvalue weighted by atomic mass is 35.5. The molecule has 1 heterocycles. The lowest BCUT2D eigenvalue weighted by Gasteiger charge is -2.38. The van der Waals surface area contributed by atoms with Crippen molar-refractivity contribution in [3.63, 3.8) is 0 Å². The number of benzene rings is 1. The van der Waals surface area contributed by atoms with Crippen molar-refractivity contribution in [2.45, 2.75) is 45.8 Å². The Morgan fingerprint density at radius 1 is 1.37 bits per heavy atom. The van der Waals surface area contributed by atoms with Crippen LogP contribution in [0.2, 0.25) is 10.0 Å². The van der Waals surface area contributed by atoms with Gasteiger partial charge in [-0.2, -0.15) is 0 Å². The average Bonchev–Trinajstić information content (AvgIpc) is 2.26. The summed E-state index contributed by atoms with van der Waals surface area (Å²) in [7, 11) is 0. The van der Waals surface area contributed by atoms with Crippen LogP contribution in [0, 0.1) is 5.92 Å². The normalized spacial score (nSPS) is 21.1. The summed E-state index contributed by atoms with van der Waals surface area (Å²) >= 11 is 12.4. The minimum absolute atomic E-state index is 0.223. The van der Waals surface area contributed by atoms with Gasteiger partial charge in [0.2, 0.25) is 0 Å². The first kappa shape index (κ1) is 15.0. The third-order valence-corrected chi connectivity index (χ3v) is 3.76. The van der Waals surface area contributed by atoms with Crippen LogP contribution < -0.4 is 10.1 Å². The van der Waals surface area contributed by atoms with Gasteiger partial charge in [-0.15, -0.1) is 0 Å². The summed E-state index contributed by atoms with van der Waals surface area (Å²) in [4.78, 5) is 0. The minimum atomic E-state index is -0.223. The average molecular weight is 302 g/mol. The smallest absolute Gasteiger partial charge is 0.143 e. The first-order valence-electron chi connectivity index (χ1n) is 6.70. The molecule has 1 aromatic rings. The summed E-state index contributed by atoms with van der Waals surface area (Å²) in [5.74, 6) is 1.37. The zero-order valence-corrected chi connectivity index (χ0v) is 13.4. The lowest BCUT2D eigenvalue weighted by molar-refractivity contribution is 0.0656. The lowest BCUT2D eigenvalue weighted by Crippen LogP contribution is -2.40.